The van der Waals surface area contributed by atoms with E-state index in [4.69, 9.17) is 11.6 Å². The van der Waals surface area contributed by atoms with E-state index in [1.54, 1.807) is 0 Å². The van der Waals surface area contributed by atoms with Crippen molar-refractivity contribution in [3.63, 3.8) is 0 Å². The lowest BCUT2D eigenvalue weighted by Gasteiger charge is -2.14. The van der Waals surface area contributed by atoms with Crippen molar-refractivity contribution in [3.05, 3.63) is 34.9 Å². The van der Waals surface area contributed by atoms with Gasteiger partial charge in [-0.3, -0.25) is 4.79 Å². The molecule has 1 aliphatic rings. The zero-order valence-electron chi connectivity index (χ0n) is 9.42. The van der Waals surface area contributed by atoms with Gasteiger partial charge in [-0.25, -0.2) is 0 Å². The molecule has 1 aromatic carbocycles. The van der Waals surface area contributed by atoms with Crippen LogP contribution in [0.15, 0.2) is 18.2 Å². The fourth-order valence-corrected chi connectivity index (χ4v) is 2.30. The number of nitrogens with one attached hydrogen (secondary N) is 1. The Morgan fingerprint density at radius 1 is 1.44 bits per heavy atom. The predicted molar refractivity (Wildman–Crippen MR) is 65.7 cm³/mol. The van der Waals surface area contributed by atoms with Crippen LogP contribution < -0.4 is 5.32 Å². The van der Waals surface area contributed by atoms with Crippen LogP contribution in [0.4, 0.5) is 0 Å². The number of fused-ring (bicyclic) bond motifs is 1. The minimum atomic E-state index is -0.116. The number of carbonyl (C=O) groups is 1. The molecule has 1 unspecified atom stereocenters. The molecule has 0 saturated carbocycles. The SMILES string of the molecule is CC(NC(=O)CCl)c1ccc2c(c1)CCC2. The molecule has 0 aliphatic heterocycles. The first kappa shape index (κ1) is 11.5. The van der Waals surface area contributed by atoms with E-state index in [2.05, 4.69) is 23.5 Å². The van der Waals surface area contributed by atoms with Gasteiger partial charge in [0.1, 0.15) is 5.88 Å². The van der Waals surface area contributed by atoms with Gasteiger partial charge in [-0.05, 0) is 42.9 Å². The number of carbonyl (C=O) groups excluding carboxylic acids is 1. The summed E-state index contributed by atoms with van der Waals surface area (Å²) in [4.78, 5) is 11.2. The van der Waals surface area contributed by atoms with Crippen LogP contribution >= 0.6 is 11.6 Å². The number of aryl methyl sites for hydroxylation is 2. The maximum atomic E-state index is 11.2. The van der Waals surface area contributed by atoms with Crippen molar-refractivity contribution in [2.24, 2.45) is 0 Å². The second kappa shape index (κ2) is 4.88. The van der Waals surface area contributed by atoms with E-state index in [1.165, 1.54) is 36.0 Å². The summed E-state index contributed by atoms with van der Waals surface area (Å²) in [7, 11) is 0. The molecule has 1 amide bonds. The van der Waals surface area contributed by atoms with E-state index in [0.29, 0.717) is 0 Å². The number of hydrogen-bond donors (Lipinski definition) is 1. The van der Waals surface area contributed by atoms with Gasteiger partial charge in [-0.2, -0.15) is 0 Å². The molecule has 0 heterocycles. The number of rotatable bonds is 3. The summed E-state index contributed by atoms with van der Waals surface area (Å²) in [5, 5.41) is 2.87. The smallest absolute Gasteiger partial charge is 0.235 e. The van der Waals surface area contributed by atoms with Crippen LogP contribution in [0.1, 0.15) is 36.1 Å². The van der Waals surface area contributed by atoms with Crippen LogP contribution in [-0.4, -0.2) is 11.8 Å². The zero-order valence-corrected chi connectivity index (χ0v) is 10.2. The highest BCUT2D eigenvalue weighted by Gasteiger charge is 2.14. The lowest BCUT2D eigenvalue weighted by Crippen LogP contribution is -2.27. The standard InChI is InChI=1S/C13H16ClNO/c1-9(15-13(16)8-14)11-6-5-10-3-2-4-12(10)7-11/h5-7,9H,2-4,8H2,1H3,(H,15,16). The molecule has 0 saturated heterocycles. The highest BCUT2D eigenvalue weighted by Crippen LogP contribution is 2.25. The Morgan fingerprint density at radius 3 is 2.94 bits per heavy atom. The fourth-order valence-electron chi connectivity index (χ4n) is 2.22. The molecule has 0 radical (unpaired) electrons. The van der Waals surface area contributed by atoms with E-state index in [0.717, 1.165) is 0 Å². The molecule has 0 bridgehead atoms. The van der Waals surface area contributed by atoms with E-state index >= 15 is 0 Å². The molecule has 1 N–H and O–H groups in total. The summed E-state index contributed by atoms with van der Waals surface area (Å²) in [6.45, 7) is 1.99. The van der Waals surface area contributed by atoms with Crippen LogP contribution in [0, 0.1) is 0 Å². The molecule has 3 heteroatoms. The first-order valence-electron chi connectivity index (χ1n) is 5.67. The Balaban J connectivity index is 2.12. The Hall–Kier alpha value is -1.02. The summed E-state index contributed by atoms with van der Waals surface area (Å²) in [5.41, 5.74) is 4.06. The predicted octanol–water partition coefficient (Wildman–Crippen LogP) is 2.59. The third-order valence-corrected chi connectivity index (χ3v) is 3.36. The molecule has 0 spiro atoms. The van der Waals surface area contributed by atoms with Crippen LogP contribution in [-0.2, 0) is 17.6 Å². The van der Waals surface area contributed by atoms with Gasteiger partial charge < -0.3 is 5.32 Å². The second-order valence-corrected chi connectivity index (χ2v) is 4.57. The van der Waals surface area contributed by atoms with Crippen molar-refractivity contribution in [2.75, 3.05) is 5.88 Å². The first-order chi connectivity index (χ1) is 7.70. The van der Waals surface area contributed by atoms with Crippen LogP contribution in [0.5, 0.6) is 0 Å². The van der Waals surface area contributed by atoms with Crippen molar-refractivity contribution >= 4 is 17.5 Å². The number of hydrogen-bond acceptors (Lipinski definition) is 1. The molecule has 1 aromatic rings. The summed E-state index contributed by atoms with van der Waals surface area (Å²) in [6, 6.07) is 6.53. The van der Waals surface area contributed by atoms with Crippen molar-refractivity contribution < 1.29 is 4.79 Å². The molecule has 0 aromatic heterocycles. The second-order valence-electron chi connectivity index (χ2n) is 4.30. The summed E-state index contributed by atoms with van der Waals surface area (Å²) < 4.78 is 0. The summed E-state index contributed by atoms with van der Waals surface area (Å²) >= 11 is 5.47. The lowest BCUT2D eigenvalue weighted by atomic mass is 10.0. The van der Waals surface area contributed by atoms with E-state index in [9.17, 15) is 4.79 Å². The maximum absolute atomic E-state index is 11.2. The van der Waals surface area contributed by atoms with Gasteiger partial charge in [0.2, 0.25) is 5.91 Å². The molecular weight excluding hydrogens is 222 g/mol. The fraction of sp³-hybridized carbons (Fsp3) is 0.462. The molecule has 0 fully saturated rings. The van der Waals surface area contributed by atoms with Gasteiger partial charge in [0.15, 0.2) is 0 Å². The third-order valence-electron chi connectivity index (χ3n) is 3.12. The van der Waals surface area contributed by atoms with Gasteiger partial charge in [0, 0.05) is 0 Å². The largest absolute Gasteiger partial charge is 0.349 e. The number of alkyl halides is 1. The van der Waals surface area contributed by atoms with Gasteiger partial charge >= 0.3 is 0 Å². The van der Waals surface area contributed by atoms with Gasteiger partial charge in [-0.15, -0.1) is 11.6 Å². The zero-order chi connectivity index (χ0) is 11.5. The summed E-state index contributed by atoms with van der Waals surface area (Å²) in [5.74, 6) is -0.0930. The minimum Gasteiger partial charge on any atom is -0.349 e. The Morgan fingerprint density at radius 2 is 2.19 bits per heavy atom. The maximum Gasteiger partial charge on any atom is 0.235 e. The van der Waals surface area contributed by atoms with Crippen molar-refractivity contribution in [1.82, 2.24) is 5.32 Å². The molecule has 86 valence electrons. The van der Waals surface area contributed by atoms with Crippen LogP contribution in [0.3, 0.4) is 0 Å². The van der Waals surface area contributed by atoms with Crippen LogP contribution in [0.25, 0.3) is 0 Å². The Bertz CT molecular complexity index is 403. The monoisotopic (exact) mass is 237 g/mol. The van der Waals surface area contributed by atoms with Crippen LogP contribution in [0.2, 0.25) is 0 Å². The van der Waals surface area contributed by atoms with E-state index in [1.807, 2.05) is 6.92 Å². The topological polar surface area (TPSA) is 29.1 Å². The van der Waals surface area contributed by atoms with Gasteiger partial charge in [-0.1, -0.05) is 18.2 Å². The highest BCUT2D eigenvalue weighted by molar-refractivity contribution is 6.27. The average Bonchev–Trinajstić information content (AvgIpc) is 2.75. The van der Waals surface area contributed by atoms with E-state index < -0.39 is 0 Å². The Labute approximate surface area is 101 Å². The minimum absolute atomic E-state index is 0.0231. The van der Waals surface area contributed by atoms with Gasteiger partial charge in [0.05, 0.1) is 6.04 Å². The molecule has 2 rings (SSSR count). The average molecular weight is 238 g/mol. The molecule has 2 nitrogen and oxygen atoms in total. The molecule has 1 atom stereocenters. The Kier molecular flexibility index (Phi) is 3.49. The summed E-state index contributed by atoms with van der Waals surface area (Å²) in [6.07, 6.45) is 3.61. The molecule has 1 aliphatic carbocycles. The molecular formula is C13H16ClNO. The lowest BCUT2D eigenvalue weighted by molar-refractivity contribution is -0.119. The quantitative estimate of drug-likeness (QED) is 0.805. The third kappa shape index (κ3) is 2.38. The van der Waals surface area contributed by atoms with Gasteiger partial charge in [0.25, 0.3) is 0 Å². The number of amides is 1. The normalized spacial score (nSPS) is 15.6. The highest BCUT2D eigenvalue weighted by atomic mass is 35.5. The number of halogens is 1. The van der Waals surface area contributed by atoms with Crippen molar-refractivity contribution in [2.45, 2.75) is 32.2 Å². The molecule has 16 heavy (non-hydrogen) atoms. The van der Waals surface area contributed by atoms with Crippen molar-refractivity contribution in [3.8, 4) is 0 Å². The number of benzene rings is 1. The first-order valence-corrected chi connectivity index (χ1v) is 6.21. The van der Waals surface area contributed by atoms with E-state index in [-0.39, 0.29) is 17.8 Å². The van der Waals surface area contributed by atoms with Crippen molar-refractivity contribution in [1.29, 1.82) is 0 Å².